The first kappa shape index (κ1) is 7.56. The molecule has 1 nitrogen and oxygen atoms in total. The molecule has 0 aliphatic rings. The van der Waals surface area contributed by atoms with Gasteiger partial charge >= 0.3 is 0 Å². The second-order valence-corrected chi connectivity index (χ2v) is 3.08. The van der Waals surface area contributed by atoms with Gasteiger partial charge in [-0.1, -0.05) is 29.8 Å². The molecule has 2 rings (SSSR count). The molecule has 0 N–H and O–H groups in total. The summed E-state index contributed by atoms with van der Waals surface area (Å²) in [6.45, 7) is 3.87. The highest BCUT2D eigenvalue weighted by atomic mass is 35.5. The second kappa shape index (κ2) is 2.76. The van der Waals surface area contributed by atoms with E-state index in [2.05, 4.69) is 11.9 Å². The average Bonchev–Trinajstić information content (AvgIpc) is 2.04. The van der Waals surface area contributed by atoms with Gasteiger partial charge in [-0.3, -0.25) is 4.98 Å². The number of benzene rings is 1. The lowest BCUT2D eigenvalue weighted by molar-refractivity contribution is 1.40. The first-order valence-electron chi connectivity index (χ1n) is 3.63. The van der Waals surface area contributed by atoms with Crippen molar-refractivity contribution < 1.29 is 0 Å². The van der Waals surface area contributed by atoms with Crippen molar-refractivity contribution in [1.82, 2.24) is 4.98 Å². The molecule has 1 aromatic heterocycles. The molecule has 0 fully saturated rings. The fourth-order valence-corrected chi connectivity index (χ4v) is 1.36. The van der Waals surface area contributed by atoms with Gasteiger partial charge in [0.25, 0.3) is 0 Å². The number of nitrogens with zero attached hydrogens (tertiary/aromatic N) is 1. The molecule has 0 unspecified atom stereocenters. The van der Waals surface area contributed by atoms with E-state index in [-0.39, 0.29) is 0 Å². The standard InChI is InChI=1S/C10H7ClN/c1-7-3-2-4-8-5-9(11)6-12-10(7)8/h2-6H,1H2. The van der Waals surface area contributed by atoms with Crippen molar-refractivity contribution in [2.45, 2.75) is 0 Å². The molecule has 1 heterocycles. The maximum Gasteiger partial charge on any atom is 0.0735 e. The lowest BCUT2D eigenvalue weighted by Crippen LogP contribution is -1.81. The Morgan fingerprint density at radius 1 is 1.33 bits per heavy atom. The van der Waals surface area contributed by atoms with Crippen LogP contribution in [0.1, 0.15) is 5.56 Å². The molecular formula is C10H7ClN. The fourth-order valence-electron chi connectivity index (χ4n) is 1.20. The number of para-hydroxylation sites is 1. The summed E-state index contributed by atoms with van der Waals surface area (Å²) in [5.74, 6) is 0. The van der Waals surface area contributed by atoms with E-state index in [0.29, 0.717) is 5.02 Å². The van der Waals surface area contributed by atoms with Crippen molar-refractivity contribution in [3.63, 3.8) is 0 Å². The predicted molar refractivity (Wildman–Crippen MR) is 51.2 cm³/mol. The second-order valence-electron chi connectivity index (χ2n) is 2.64. The van der Waals surface area contributed by atoms with Gasteiger partial charge in [0, 0.05) is 11.6 Å². The van der Waals surface area contributed by atoms with E-state index in [9.17, 15) is 0 Å². The molecule has 0 spiro atoms. The topological polar surface area (TPSA) is 12.9 Å². The SMILES string of the molecule is [CH2]c1cccc2cc(Cl)cnc12. The zero-order valence-electron chi connectivity index (χ0n) is 6.42. The Morgan fingerprint density at radius 2 is 2.17 bits per heavy atom. The lowest BCUT2D eigenvalue weighted by Gasteiger charge is -1.99. The molecule has 2 aromatic rings. The van der Waals surface area contributed by atoms with Crippen LogP contribution in [0, 0.1) is 6.92 Å². The van der Waals surface area contributed by atoms with Crippen molar-refractivity contribution in [3.8, 4) is 0 Å². The Hall–Kier alpha value is -1.08. The highest BCUT2D eigenvalue weighted by molar-refractivity contribution is 6.31. The number of fused-ring (bicyclic) bond motifs is 1. The molecule has 0 amide bonds. The van der Waals surface area contributed by atoms with Gasteiger partial charge in [0.05, 0.1) is 10.5 Å². The number of rotatable bonds is 0. The molecule has 0 aliphatic carbocycles. The average molecular weight is 177 g/mol. The van der Waals surface area contributed by atoms with Crippen LogP contribution >= 0.6 is 11.6 Å². The summed E-state index contributed by atoms with van der Waals surface area (Å²) in [6.07, 6.45) is 1.64. The summed E-state index contributed by atoms with van der Waals surface area (Å²) in [5.41, 5.74) is 1.85. The maximum atomic E-state index is 5.79. The molecule has 2 heteroatoms. The summed E-state index contributed by atoms with van der Waals surface area (Å²) in [6, 6.07) is 7.74. The van der Waals surface area contributed by atoms with E-state index < -0.39 is 0 Å². The molecule has 1 radical (unpaired) electrons. The quantitative estimate of drug-likeness (QED) is 0.601. The Bertz CT molecular complexity index is 423. The van der Waals surface area contributed by atoms with Crippen LogP contribution in [0.4, 0.5) is 0 Å². The number of aromatic nitrogens is 1. The zero-order valence-corrected chi connectivity index (χ0v) is 7.17. The first-order chi connectivity index (χ1) is 5.77. The largest absolute Gasteiger partial charge is 0.254 e. The Labute approximate surface area is 76.0 Å². The maximum absolute atomic E-state index is 5.79. The third-order valence-electron chi connectivity index (χ3n) is 1.76. The monoisotopic (exact) mass is 176 g/mol. The highest BCUT2D eigenvalue weighted by Gasteiger charge is 1.97. The van der Waals surface area contributed by atoms with Gasteiger partial charge in [-0.2, -0.15) is 0 Å². The smallest absolute Gasteiger partial charge is 0.0735 e. The molecule has 0 bridgehead atoms. The van der Waals surface area contributed by atoms with Gasteiger partial charge in [-0.15, -0.1) is 0 Å². The van der Waals surface area contributed by atoms with Crippen molar-refractivity contribution in [2.75, 3.05) is 0 Å². The third kappa shape index (κ3) is 1.16. The van der Waals surface area contributed by atoms with Crippen molar-refractivity contribution in [3.05, 3.63) is 48.0 Å². The minimum atomic E-state index is 0.660. The van der Waals surface area contributed by atoms with Crippen molar-refractivity contribution in [1.29, 1.82) is 0 Å². The van der Waals surface area contributed by atoms with Gasteiger partial charge in [0.2, 0.25) is 0 Å². The number of halogens is 1. The van der Waals surface area contributed by atoms with Crippen molar-refractivity contribution >= 4 is 22.5 Å². The van der Waals surface area contributed by atoms with Gasteiger partial charge in [-0.05, 0) is 18.6 Å². The summed E-state index contributed by atoms with van der Waals surface area (Å²) in [4.78, 5) is 4.19. The van der Waals surface area contributed by atoms with Gasteiger partial charge in [0.15, 0.2) is 0 Å². The summed E-state index contributed by atoms with van der Waals surface area (Å²) >= 11 is 5.79. The first-order valence-corrected chi connectivity index (χ1v) is 4.01. The lowest BCUT2D eigenvalue weighted by atomic mass is 10.1. The number of hydrogen-bond donors (Lipinski definition) is 0. The van der Waals surface area contributed by atoms with Crippen molar-refractivity contribution in [2.24, 2.45) is 0 Å². The molecule has 0 atom stereocenters. The number of pyridine rings is 1. The zero-order chi connectivity index (χ0) is 8.55. The molecule has 0 saturated carbocycles. The minimum Gasteiger partial charge on any atom is -0.254 e. The van der Waals surface area contributed by atoms with Gasteiger partial charge in [-0.25, -0.2) is 0 Å². The van der Waals surface area contributed by atoms with Crippen LogP contribution in [-0.2, 0) is 0 Å². The number of hydrogen-bond acceptors (Lipinski definition) is 1. The minimum absolute atomic E-state index is 0.660. The van der Waals surface area contributed by atoms with Crippen LogP contribution in [0.15, 0.2) is 30.5 Å². The normalized spacial score (nSPS) is 10.5. The Balaban J connectivity index is 2.86. The summed E-state index contributed by atoms with van der Waals surface area (Å²) < 4.78 is 0. The van der Waals surface area contributed by atoms with E-state index in [1.807, 2.05) is 24.3 Å². The van der Waals surface area contributed by atoms with E-state index in [1.54, 1.807) is 6.20 Å². The van der Waals surface area contributed by atoms with E-state index >= 15 is 0 Å². The molecule has 12 heavy (non-hydrogen) atoms. The molecular weight excluding hydrogens is 170 g/mol. The summed E-state index contributed by atoms with van der Waals surface area (Å²) in [5, 5.41) is 1.70. The molecule has 0 saturated heterocycles. The summed E-state index contributed by atoms with van der Waals surface area (Å²) in [7, 11) is 0. The molecule has 59 valence electrons. The van der Waals surface area contributed by atoms with Gasteiger partial charge < -0.3 is 0 Å². The van der Waals surface area contributed by atoms with Crippen LogP contribution in [0.3, 0.4) is 0 Å². The Kier molecular flexibility index (Phi) is 1.74. The fraction of sp³-hybridized carbons (Fsp3) is 0. The van der Waals surface area contributed by atoms with Crippen LogP contribution in [0.2, 0.25) is 5.02 Å². The predicted octanol–water partition coefficient (Wildman–Crippen LogP) is 3.07. The van der Waals surface area contributed by atoms with Crippen LogP contribution in [-0.4, -0.2) is 4.98 Å². The van der Waals surface area contributed by atoms with Crippen LogP contribution in [0.25, 0.3) is 10.9 Å². The van der Waals surface area contributed by atoms with E-state index in [1.165, 1.54) is 0 Å². The third-order valence-corrected chi connectivity index (χ3v) is 1.97. The van der Waals surface area contributed by atoms with Crippen LogP contribution in [0.5, 0.6) is 0 Å². The van der Waals surface area contributed by atoms with E-state index in [4.69, 9.17) is 11.6 Å². The molecule has 0 aliphatic heterocycles. The highest BCUT2D eigenvalue weighted by Crippen LogP contribution is 2.18. The van der Waals surface area contributed by atoms with Crippen LogP contribution < -0.4 is 0 Å². The Morgan fingerprint density at radius 3 is 3.00 bits per heavy atom. The van der Waals surface area contributed by atoms with Gasteiger partial charge in [0.1, 0.15) is 0 Å². The van der Waals surface area contributed by atoms with E-state index in [0.717, 1.165) is 16.5 Å². The molecule has 1 aromatic carbocycles.